The molecule has 0 saturated heterocycles. The van der Waals surface area contributed by atoms with Crippen molar-refractivity contribution in [1.29, 1.82) is 0 Å². The summed E-state index contributed by atoms with van der Waals surface area (Å²) in [5, 5.41) is 3.01. The molecule has 0 aliphatic carbocycles. The molecule has 1 amide bonds. The van der Waals surface area contributed by atoms with Gasteiger partial charge < -0.3 is 15.0 Å². The van der Waals surface area contributed by atoms with Gasteiger partial charge in [-0.25, -0.2) is 4.39 Å². The van der Waals surface area contributed by atoms with E-state index in [4.69, 9.17) is 4.74 Å². The van der Waals surface area contributed by atoms with Crippen molar-refractivity contribution in [2.45, 2.75) is 0 Å². The molecule has 0 fully saturated rings. The maximum atomic E-state index is 12.9. The number of fused-ring (bicyclic) bond motifs is 1. The lowest BCUT2D eigenvalue weighted by Gasteiger charge is -2.30. The van der Waals surface area contributed by atoms with Crippen molar-refractivity contribution in [3.8, 4) is 5.75 Å². The maximum absolute atomic E-state index is 12.9. The fourth-order valence-corrected chi connectivity index (χ4v) is 2.46. The predicted octanol–water partition coefficient (Wildman–Crippen LogP) is 2.48. The van der Waals surface area contributed by atoms with Crippen LogP contribution in [0.25, 0.3) is 0 Å². The molecule has 0 spiro atoms. The van der Waals surface area contributed by atoms with Crippen LogP contribution in [-0.4, -0.2) is 31.9 Å². The Kier molecular flexibility index (Phi) is 3.97. The second-order valence-electron chi connectivity index (χ2n) is 5.15. The van der Waals surface area contributed by atoms with Gasteiger partial charge in [0.15, 0.2) is 5.78 Å². The summed E-state index contributed by atoms with van der Waals surface area (Å²) >= 11 is 0. The summed E-state index contributed by atoms with van der Waals surface area (Å²) in [6, 6.07) is 10.5. The van der Waals surface area contributed by atoms with Gasteiger partial charge in [-0.05, 0) is 36.4 Å². The predicted molar refractivity (Wildman–Crippen MR) is 84.6 cm³/mol. The molecule has 3 rings (SSSR count). The Labute approximate surface area is 132 Å². The number of benzene rings is 2. The molecular formula is C17H15FN2O3. The highest BCUT2D eigenvalue weighted by molar-refractivity contribution is 6.09. The third-order valence-corrected chi connectivity index (χ3v) is 3.69. The number of anilines is 2. The summed E-state index contributed by atoms with van der Waals surface area (Å²) in [4.78, 5) is 25.9. The van der Waals surface area contributed by atoms with Gasteiger partial charge in [-0.3, -0.25) is 9.59 Å². The number of Topliss-reactive ketones (excluding diaryl/α,β-unsaturated/α-hetero) is 1. The smallest absolute Gasteiger partial charge is 0.246 e. The molecule has 1 aliphatic heterocycles. The van der Waals surface area contributed by atoms with E-state index in [1.165, 1.54) is 29.2 Å². The van der Waals surface area contributed by atoms with Gasteiger partial charge in [0.05, 0.1) is 31.6 Å². The molecule has 0 atom stereocenters. The van der Waals surface area contributed by atoms with E-state index in [1.54, 1.807) is 25.3 Å². The Balaban J connectivity index is 1.86. The lowest BCUT2D eigenvalue weighted by Crippen LogP contribution is -2.42. The quantitative estimate of drug-likeness (QED) is 0.881. The number of carbonyl (C=O) groups excluding carboxylic acids is 2. The van der Waals surface area contributed by atoms with Crippen molar-refractivity contribution in [3.05, 3.63) is 53.8 Å². The molecule has 1 heterocycles. The third-order valence-electron chi connectivity index (χ3n) is 3.69. The summed E-state index contributed by atoms with van der Waals surface area (Å²) in [6.45, 7) is 0.0162. The number of halogens is 1. The molecule has 2 aromatic rings. The minimum absolute atomic E-state index is 0.0918. The molecule has 23 heavy (non-hydrogen) atoms. The van der Waals surface area contributed by atoms with E-state index < -0.39 is 5.82 Å². The highest BCUT2D eigenvalue weighted by Crippen LogP contribution is 2.33. The Morgan fingerprint density at radius 3 is 2.70 bits per heavy atom. The number of methoxy groups -OCH3 is 1. The van der Waals surface area contributed by atoms with E-state index in [1.807, 2.05) is 0 Å². The molecule has 6 heteroatoms. The zero-order valence-electron chi connectivity index (χ0n) is 12.5. The van der Waals surface area contributed by atoms with Crippen LogP contribution in [0.15, 0.2) is 42.5 Å². The van der Waals surface area contributed by atoms with E-state index in [0.29, 0.717) is 17.0 Å². The van der Waals surface area contributed by atoms with Crippen LogP contribution in [0.3, 0.4) is 0 Å². The SMILES string of the molecule is COc1ccc2c(c1)NCC(=O)N2CC(=O)c1ccc(F)cc1. The second kappa shape index (κ2) is 6.08. The lowest BCUT2D eigenvalue weighted by atomic mass is 10.1. The Morgan fingerprint density at radius 2 is 2.00 bits per heavy atom. The number of hydrogen-bond donors (Lipinski definition) is 1. The van der Waals surface area contributed by atoms with Gasteiger partial charge >= 0.3 is 0 Å². The van der Waals surface area contributed by atoms with Crippen LogP contribution in [0.4, 0.5) is 15.8 Å². The standard InChI is InChI=1S/C17H15FN2O3/c1-23-13-6-7-15-14(8-13)19-9-17(22)20(15)10-16(21)11-2-4-12(18)5-3-11/h2-8,19H,9-10H2,1H3. The van der Waals surface area contributed by atoms with Crippen molar-refractivity contribution >= 4 is 23.1 Å². The highest BCUT2D eigenvalue weighted by atomic mass is 19.1. The molecule has 1 aliphatic rings. The topological polar surface area (TPSA) is 58.6 Å². The maximum Gasteiger partial charge on any atom is 0.246 e. The molecular weight excluding hydrogens is 299 g/mol. The van der Waals surface area contributed by atoms with E-state index in [2.05, 4.69) is 5.32 Å². The number of nitrogens with zero attached hydrogens (tertiary/aromatic N) is 1. The fourth-order valence-electron chi connectivity index (χ4n) is 2.46. The van der Waals surface area contributed by atoms with Crippen molar-refractivity contribution in [1.82, 2.24) is 0 Å². The molecule has 2 aromatic carbocycles. The first kappa shape index (κ1) is 15.0. The number of carbonyl (C=O) groups is 2. The minimum atomic E-state index is -0.405. The van der Waals surface area contributed by atoms with Gasteiger partial charge in [-0.2, -0.15) is 0 Å². The third kappa shape index (κ3) is 3.01. The first-order chi connectivity index (χ1) is 11.1. The number of amides is 1. The second-order valence-corrected chi connectivity index (χ2v) is 5.15. The van der Waals surface area contributed by atoms with Crippen molar-refractivity contribution < 1.29 is 18.7 Å². The summed E-state index contributed by atoms with van der Waals surface area (Å²) in [6.07, 6.45) is 0. The van der Waals surface area contributed by atoms with Gasteiger partial charge in [0.1, 0.15) is 11.6 Å². The van der Waals surface area contributed by atoms with E-state index >= 15 is 0 Å². The summed E-state index contributed by atoms with van der Waals surface area (Å²) in [7, 11) is 1.56. The number of ketones is 1. The average molecular weight is 314 g/mol. The first-order valence-corrected chi connectivity index (χ1v) is 7.09. The van der Waals surface area contributed by atoms with Gasteiger partial charge in [0, 0.05) is 11.6 Å². The largest absolute Gasteiger partial charge is 0.497 e. The zero-order chi connectivity index (χ0) is 16.4. The molecule has 0 aromatic heterocycles. The molecule has 0 bridgehead atoms. The number of hydrogen-bond acceptors (Lipinski definition) is 4. The Morgan fingerprint density at radius 1 is 1.26 bits per heavy atom. The van der Waals surface area contributed by atoms with Gasteiger partial charge in [-0.15, -0.1) is 0 Å². The van der Waals surface area contributed by atoms with Crippen LogP contribution < -0.4 is 15.0 Å². The molecule has 118 valence electrons. The van der Waals surface area contributed by atoms with E-state index in [-0.39, 0.29) is 24.8 Å². The molecule has 0 saturated carbocycles. The minimum Gasteiger partial charge on any atom is -0.497 e. The van der Waals surface area contributed by atoms with Crippen LogP contribution >= 0.6 is 0 Å². The van der Waals surface area contributed by atoms with Crippen LogP contribution in [-0.2, 0) is 4.79 Å². The Hall–Kier alpha value is -2.89. The van der Waals surface area contributed by atoms with Crippen LogP contribution in [0.5, 0.6) is 5.75 Å². The van der Waals surface area contributed by atoms with Crippen molar-refractivity contribution in [2.24, 2.45) is 0 Å². The van der Waals surface area contributed by atoms with Crippen LogP contribution in [0.2, 0.25) is 0 Å². The van der Waals surface area contributed by atoms with Crippen LogP contribution in [0.1, 0.15) is 10.4 Å². The molecule has 1 N–H and O–H groups in total. The zero-order valence-corrected chi connectivity index (χ0v) is 12.5. The van der Waals surface area contributed by atoms with E-state index in [0.717, 1.165) is 5.69 Å². The van der Waals surface area contributed by atoms with Gasteiger partial charge in [0.25, 0.3) is 0 Å². The normalized spacial score (nSPS) is 13.3. The summed E-state index contributed by atoms with van der Waals surface area (Å²) in [5.41, 5.74) is 1.72. The fraction of sp³-hybridized carbons (Fsp3) is 0.176. The average Bonchev–Trinajstić information content (AvgIpc) is 2.57. The van der Waals surface area contributed by atoms with Gasteiger partial charge in [0.2, 0.25) is 5.91 Å². The van der Waals surface area contributed by atoms with Gasteiger partial charge in [-0.1, -0.05) is 0 Å². The number of rotatable bonds is 4. The monoisotopic (exact) mass is 314 g/mol. The molecule has 0 unspecified atom stereocenters. The Bertz CT molecular complexity index is 759. The number of ether oxygens (including phenoxy) is 1. The molecule has 5 nitrogen and oxygen atoms in total. The molecule has 0 radical (unpaired) electrons. The van der Waals surface area contributed by atoms with Crippen molar-refractivity contribution in [3.63, 3.8) is 0 Å². The van der Waals surface area contributed by atoms with Crippen LogP contribution in [0, 0.1) is 5.82 Å². The van der Waals surface area contributed by atoms with Crippen molar-refractivity contribution in [2.75, 3.05) is 30.4 Å². The summed E-state index contributed by atoms with van der Waals surface area (Å²) < 4.78 is 18.1. The highest BCUT2D eigenvalue weighted by Gasteiger charge is 2.26. The summed E-state index contributed by atoms with van der Waals surface area (Å²) in [5.74, 6) is -0.187. The first-order valence-electron chi connectivity index (χ1n) is 7.09. The van der Waals surface area contributed by atoms with E-state index in [9.17, 15) is 14.0 Å². The lowest BCUT2D eigenvalue weighted by molar-refractivity contribution is -0.117. The number of nitrogens with one attached hydrogen (secondary N) is 1.